The van der Waals surface area contributed by atoms with Crippen LogP contribution in [-0.2, 0) is 6.42 Å². The van der Waals surface area contributed by atoms with Gasteiger partial charge in [-0.1, -0.05) is 12.1 Å². The zero-order valence-electron chi connectivity index (χ0n) is 12.5. The van der Waals surface area contributed by atoms with E-state index in [9.17, 15) is 0 Å². The van der Waals surface area contributed by atoms with Gasteiger partial charge in [-0.15, -0.1) is 0 Å². The topological polar surface area (TPSA) is 34.7 Å². The predicted molar refractivity (Wildman–Crippen MR) is 85.7 cm³/mol. The molecule has 0 aliphatic carbocycles. The maximum atomic E-state index is 6.05. The molecule has 0 fully saturated rings. The van der Waals surface area contributed by atoms with Crippen LogP contribution in [0.5, 0.6) is 5.75 Å². The molecule has 0 aliphatic heterocycles. The minimum Gasteiger partial charge on any atom is -0.543 e. The molecule has 1 heterocycles. The van der Waals surface area contributed by atoms with Gasteiger partial charge in [-0.25, -0.2) is 0 Å². The Kier molecular flexibility index (Phi) is 4.45. The van der Waals surface area contributed by atoms with E-state index in [0.717, 1.165) is 22.8 Å². The van der Waals surface area contributed by atoms with Crippen molar-refractivity contribution in [1.82, 2.24) is 0 Å². The fourth-order valence-electron chi connectivity index (χ4n) is 1.82. The van der Waals surface area contributed by atoms with E-state index >= 15 is 0 Å². The summed E-state index contributed by atoms with van der Waals surface area (Å²) in [6.07, 6.45) is 4.28. The van der Waals surface area contributed by atoms with Gasteiger partial charge in [-0.3, -0.25) is 4.99 Å². The number of hydrogen-bond donors (Lipinski definition) is 0. The highest BCUT2D eigenvalue weighted by Crippen LogP contribution is 2.29. The second kappa shape index (κ2) is 6.09. The molecule has 0 unspecified atom stereocenters. The molecule has 4 heteroatoms. The van der Waals surface area contributed by atoms with Gasteiger partial charge in [0.15, 0.2) is 0 Å². The minimum atomic E-state index is -1.62. The molecule has 0 bridgehead atoms. The Bertz CT molecular complexity index is 597. The van der Waals surface area contributed by atoms with Gasteiger partial charge in [0.1, 0.15) is 17.2 Å². The lowest BCUT2D eigenvalue weighted by Crippen LogP contribution is -2.29. The van der Waals surface area contributed by atoms with E-state index in [-0.39, 0.29) is 0 Å². The van der Waals surface area contributed by atoms with Crippen molar-refractivity contribution in [3.05, 3.63) is 47.9 Å². The van der Waals surface area contributed by atoms with Crippen LogP contribution < -0.4 is 4.43 Å². The summed E-state index contributed by atoms with van der Waals surface area (Å²) in [6, 6.07) is 9.86. The van der Waals surface area contributed by atoms with Crippen molar-refractivity contribution in [3.8, 4) is 5.75 Å². The smallest absolute Gasteiger partial charge is 0.242 e. The van der Waals surface area contributed by atoms with Crippen molar-refractivity contribution in [2.45, 2.75) is 33.0 Å². The van der Waals surface area contributed by atoms with Gasteiger partial charge in [0, 0.05) is 12.6 Å². The maximum absolute atomic E-state index is 6.05. The summed E-state index contributed by atoms with van der Waals surface area (Å²) in [5, 5.41) is 0. The number of furan rings is 1. The second-order valence-corrected chi connectivity index (χ2v) is 10.2. The SMILES string of the molecule is Cc1ccoc1CC=Nc1ccccc1O[Si](C)(C)C. The molecule has 20 heavy (non-hydrogen) atoms. The normalized spacial score (nSPS) is 12.0. The summed E-state index contributed by atoms with van der Waals surface area (Å²) >= 11 is 0. The first kappa shape index (κ1) is 14.6. The van der Waals surface area contributed by atoms with E-state index in [4.69, 9.17) is 8.84 Å². The Morgan fingerprint density at radius 2 is 1.95 bits per heavy atom. The van der Waals surface area contributed by atoms with E-state index in [1.54, 1.807) is 6.26 Å². The predicted octanol–water partition coefficient (Wildman–Crippen LogP) is 4.75. The van der Waals surface area contributed by atoms with E-state index in [0.29, 0.717) is 6.42 Å². The first-order chi connectivity index (χ1) is 9.46. The number of benzene rings is 1. The molecular formula is C16H21NO2Si. The van der Waals surface area contributed by atoms with Gasteiger partial charge in [0.25, 0.3) is 0 Å². The summed E-state index contributed by atoms with van der Waals surface area (Å²) in [6.45, 7) is 8.54. The van der Waals surface area contributed by atoms with Crippen molar-refractivity contribution in [1.29, 1.82) is 0 Å². The molecule has 2 aromatic rings. The van der Waals surface area contributed by atoms with Crippen molar-refractivity contribution < 1.29 is 8.84 Å². The van der Waals surface area contributed by atoms with Crippen molar-refractivity contribution in [3.63, 3.8) is 0 Å². The van der Waals surface area contributed by atoms with Crippen LogP contribution in [0.25, 0.3) is 0 Å². The standard InChI is InChI=1S/C16H21NO2Si/c1-13-10-12-18-15(13)9-11-17-14-7-5-6-8-16(14)19-20(2,3)4/h5-8,10-12H,9H2,1-4H3. The van der Waals surface area contributed by atoms with Crippen LogP contribution in [0.1, 0.15) is 11.3 Å². The molecule has 0 atom stereocenters. The van der Waals surface area contributed by atoms with Crippen molar-refractivity contribution in [2.24, 2.45) is 4.99 Å². The molecule has 0 aliphatic rings. The summed E-state index contributed by atoms with van der Waals surface area (Å²) in [5.74, 6) is 1.82. The fourth-order valence-corrected chi connectivity index (χ4v) is 2.65. The van der Waals surface area contributed by atoms with Gasteiger partial charge in [-0.2, -0.15) is 0 Å². The first-order valence-corrected chi connectivity index (χ1v) is 10.2. The Morgan fingerprint density at radius 1 is 1.20 bits per heavy atom. The molecule has 1 aromatic carbocycles. The highest BCUT2D eigenvalue weighted by atomic mass is 28.4. The largest absolute Gasteiger partial charge is 0.543 e. The van der Waals surface area contributed by atoms with Gasteiger partial charge in [0.05, 0.1) is 6.26 Å². The summed E-state index contributed by atoms with van der Waals surface area (Å²) in [4.78, 5) is 4.52. The quantitative estimate of drug-likeness (QED) is 0.587. The fraction of sp³-hybridized carbons (Fsp3) is 0.312. The average molecular weight is 287 g/mol. The number of aryl methyl sites for hydroxylation is 1. The number of para-hydroxylation sites is 2. The van der Waals surface area contributed by atoms with E-state index < -0.39 is 8.32 Å². The zero-order chi connectivity index (χ0) is 14.6. The molecule has 106 valence electrons. The number of nitrogens with zero attached hydrogens (tertiary/aromatic N) is 1. The summed E-state index contributed by atoms with van der Waals surface area (Å²) in [5.41, 5.74) is 2.03. The lowest BCUT2D eigenvalue weighted by molar-refractivity contribution is 0.525. The van der Waals surface area contributed by atoms with Crippen LogP contribution >= 0.6 is 0 Å². The Labute approximate surface area is 121 Å². The van der Waals surface area contributed by atoms with Gasteiger partial charge in [-0.05, 0) is 50.3 Å². The number of aliphatic imine (C=N–C) groups is 1. The summed E-state index contributed by atoms with van der Waals surface area (Å²) < 4.78 is 11.4. The van der Waals surface area contributed by atoms with Gasteiger partial charge >= 0.3 is 0 Å². The summed E-state index contributed by atoms with van der Waals surface area (Å²) in [7, 11) is -1.62. The molecule has 0 radical (unpaired) electrons. The Morgan fingerprint density at radius 3 is 2.60 bits per heavy atom. The Hall–Kier alpha value is -1.81. The van der Waals surface area contributed by atoms with E-state index in [2.05, 4.69) is 24.6 Å². The van der Waals surface area contributed by atoms with Gasteiger partial charge < -0.3 is 8.84 Å². The molecule has 0 saturated heterocycles. The zero-order valence-corrected chi connectivity index (χ0v) is 13.5. The van der Waals surface area contributed by atoms with E-state index in [1.807, 2.05) is 43.5 Å². The van der Waals surface area contributed by atoms with Crippen LogP contribution in [0.15, 0.2) is 46.0 Å². The molecule has 0 spiro atoms. The second-order valence-electron chi connectivity index (χ2n) is 5.72. The maximum Gasteiger partial charge on any atom is 0.242 e. The van der Waals surface area contributed by atoms with Crippen LogP contribution in [0.4, 0.5) is 5.69 Å². The molecule has 1 aromatic heterocycles. The monoisotopic (exact) mass is 287 g/mol. The number of rotatable bonds is 5. The van der Waals surface area contributed by atoms with E-state index in [1.165, 1.54) is 0 Å². The van der Waals surface area contributed by atoms with Crippen molar-refractivity contribution >= 4 is 20.2 Å². The highest BCUT2D eigenvalue weighted by Gasteiger charge is 2.17. The lowest BCUT2D eigenvalue weighted by Gasteiger charge is -2.20. The Balaban J connectivity index is 2.11. The molecule has 0 amide bonds. The van der Waals surface area contributed by atoms with Crippen LogP contribution in [0, 0.1) is 6.92 Å². The number of hydrogen-bond acceptors (Lipinski definition) is 3. The van der Waals surface area contributed by atoms with Crippen LogP contribution in [0.3, 0.4) is 0 Å². The third-order valence-electron chi connectivity index (χ3n) is 2.76. The minimum absolute atomic E-state index is 0.695. The molecule has 3 nitrogen and oxygen atoms in total. The van der Waals surface area contributed by atoms with Gasteiger partial charge in [0.2, 0.25) is 8.32 Å². The van der Waals surface area contributed by atoms with Crippen LogP contribution in [-0.4, -0.2) is 14.5 Å². The van der Waals surface area contributed by atoms with Crippen LogP contribution in [0.2, 0.25) is 19.6 Å². The third kappa shape index (κ3) is 4.10. The highest BCUT2D eigenvalue weighted by molar-refractivity contribution is 6.70. The average Bonchev–Trinajstić information content (AvgIpc) is 2.75. The third-order valence-corrected chi connectivity index (χ3v) is 3.59. The lowest BCUT2D eigenvalue weighted by atomic mass is 10.2. The molecule has 0 N–H and O–H groups in total. The molecule has 2 rings (SSSR count). The molecular weight excluding hydrogens is 266 g/mol. The first-order valence-electron chi connectivity index (χ1n) is 6.79. The van der Waals surface area contributed by atoms with Crippen molar-refractivity contribution in [2.75, 3.05) is 0 Å². The molecule has 0 saturated carbocycles.